The Morgan fingerprint density at radius 1 is 1.17 bits per heavy atom. The van der Waals surface area contributed by atoms with Gasteiger partial charge in [0.1, 0.15) is 11.6 Å². The van der Waals surface area contributed by atoms with Gasteiger partial charge < -0.3 is 15.4 Å². The number of hydrogen-bond acceptors (Lipinski definition) is 4. The number of hydrogen-bond donors (Lipinski definition) is 3. The lowest BCUT2D eigenvalue weighted by Crippen LogP contribution is -2.40. The van der Waals surface area contributed by atoms with Crippen LogP contribution in [-0.2, 0) is 16.6 Å². The van der Waals surface area contributed by atoms with Gasteiger partial charge in [-0.1, -0.05) is 18.2 Å². The smallest absolute Gasteiger partial charge is 0.234 e. The zero-order valence-corrected chi connectivity index (χ0v) is 20.4. The van der Waals surface area contributed by atoms with Crippen molar-refractivity contribution < 1.29 is 17.5 Å². The fraction of sp³-hybridized carbons (Fsp3) is 0.350. The molecule has 2 aromatic carbocycles. The molecule has 0 saturated heterocycles. The van der Waals surface area contributed by atoms with Crippen LogP contribution < -0.4 is 20.1 Å². The molecular formula is C20H28FIN4O3S. The van der Waals surface area contributed by atoms with Crippen LogP contribution in [0.1, 0.15) is 18.1 Å². The van der Waals surface area contributed by atoms with E-state index in [1.165, 1.54) is 18.2 Å². The number of benzene rings is 2. The average molecular weight is 550 g/mol. The highest BCUT2D eigenvalue weighted by Crippen LogP contribution is 2.15. The molecule has 2 aromatic rings. The van der Waals surface area contributed by atoms with Crippen LogP contribution in [0.25, 0.3) is 0 Å². The molecule has 0 spiro atoms. The lowest BCUT2D eigenvalue weighted by Gasteiger charge is -2.13. The van der Waals surface area contributed by atoms with Crippen LogP contribution in [0.4, 0.5) is 10.1 Å². The second kappa shape index (κ2) is 12.6. The van der Waals surface area contributed by atoms with E-state index in [1.807, 2.05) is 31.2 Å². The summed E-state index contributed by atoms with van der Waals surface area (Å²) in [5.74, 6) is 0.612. The number of ether oxygens (including phenoxy) is 1. The van der Waals surface area contributed by atoms with Crippen molar-refractivity contribution in [3.8, 4) is 5.75 Å². The lowest BCUT2D eigenvalue weighted by atomic mass is 10.2. The number of methoxy groups -OCH3 is 1. The van der Waals surface area contributed by atoms with Crippen molar-refractivity contribution >= 4 is 45.6 Å². The topological polar surface area (TPSA) is 91.8 Å². The Kier molecular flexibility index (Phi) is 10.9. The second-order valence-corrected chi connectivity index (χ2v) is 8.20. The minimum Gasteiger partial charge on any atom is -0.497 e. The van der Waals surface area contributed by atoms with Gasteiger partial charge in [0, 0.05) is 13.1 Å². The van der Waals surface area contributed by atoms with Crippen molar-refractivity contribution in [2.75, 3.05) is 30.7 Å². The van der Waals surface area contributed by atoms with E-state index in [1.54, 1.807) is 14.0 Å². The highest BCUT2D eigenvalue weighted by molar-refractivity contribution is 14.0. The quantitative estimate of drug-likeness (QED) is 0.253. The number of anilines is 1. The fourth-order valence-corrected chi connectivity index (χ4v) is 3.43. The number of nitrogens with zero attached hydrogens (tertiary/aromatic N) is 1. The summed E-state index contributed by atoms with van der Waals surface area (Å²) in [7, 11) is -2.02. The number of guanidine groups is 1. The molecule has 0 atom stereocenters. The van der Waals surface area contributed by atoms with Gasteiger partial charge in [0.15, 0.2) is 5.96 Å². The molecule has 2 rings (SSSR count). The van der Waals surface area contributed by atoms with Crippen molar-refractivity contribution in [1.29, 1.82) is 0 Å². The van der Waals surface area contributed by atoms with E-state index in [-0.39, 0.29) is 42.0 Å². The van der Waals surface area contributed by atoms with Gasteiger partial charge in [0.25, 0.3) is 0 Å². The Labute approximate surface area is 194 Å². The van der Waals surface area contributed by atoms with E-state index < -0.39 is 15.8 Å². The van der Waals surface area contributed by atoms with E-state index in [0.29, 0.717) is 24.6 Å². The van der Waals surface area contributed by atoms with Gasteiger partial charge in [0.2, 0.25) is 10.0 Å². The predicted octanol–water partition coefficient (Wildman–Crippen LogP) is 3.26. The van der Waals surface area contributed by atoms with Crippen LogP contribution in [0.2, 0.25) is 0 Å². The van der Waals surface area contributed by atoms with Gasteiger partial charge in [-0.05, 0) is 49.2 Å². The first-order valence-electron chi connectivity index (χ1n) is 9.24. The first-order valence-corrected chi connectivity index (χ1v) is 10.9. The molecule has 0 aromatic heterocycles. The van der Waals surface area contributed by atoms with Gasteiger partial charge in [-0.2, -0.15) is 0 Å². The van der Waals surface area contributed by atoms with E-state index >= 15 is 0 Å². The van der Waals surface area contributed by atoms with E-state index in [9.17, 15) is 12.8 Å². The molecule has 166 valence electrons. The largest absolute Gasteiger partial charge is 0.497 e. The zero-order chi connectivity index (χ0) is 21.3. The summed E-state index contributed by atoms with van der Waals surface area (Å²) >= 11 is 0. The summed E-state index contributed by atoms with van der Waals surface area (Å²) in [6.07, 6.45) is 0. The Hall–Kier alpha value is -2.08. The number of aryl methyl sites for hydroxylation is 1. The molecule has 0 aliphatic carbocycles. The molecule has 0 heterocycles. The third-order valence-corrected chi connectivity index (χ3v) is 5.29. The van der Waals surface area contributed by atoms with Gasteiger partial charge in [-0.3, -0.25) is 4.72 Å². The summed E-state index contributed by atoms with van der Waals surface area (Å²) < 4.78 is 45.6. The third-order valence-electron chi connectivity index (χ3n) is 4.01. The molecule has 0 aliphatic rings. The minimum absolute atomic E-state index is 0. The van der Waals surface area contributed by atoms with Crippen LogP contribution in [0.15, 0.2) is 47.5 Å². The van der Waals surface area contributed by atoms with E-state index in [2.05, 4.69) is 20.3 Å². The fourth-order valence-electron chi connectivity index (χ4n) is 2.47. The number of nitrogens with one attached hydrogen (secondary N) is 3. The molecule has 30 heavy (non-hydrogen) atoms. The summed E-state index contributed by atoms with van der Waals surface area (Å²) in [5.41, 5.74) is 1.63. The van der Waals surface area contributed by atoms with Crippen molar-refractivity contribution in [2.24, 2.45) is 4.99 Å². The predicted molar refractivity (Wildman–Crippen MR) is 130 cm³/mol. The van der Waals surface area contributed by atoms with Crippen molar-refractivity contribution in [3.05, 3.63) is 59.4 Å². The molecule has 0 bridgehead atoms. The van der Waals surface area contributed by atoms with Gasteiger partial charge >= 0.3 is 0 Å². The Morgan fingerprint density at radius 3 is 2.60 bits per heavy atom. The molecule has 3 N–H and O–H groups in total. The summed E-state index contributed by atoms with van der Waals surface area (Å²) in [6.45, 7) is 4.74. The van der Waals surface area contributed by atoms with Crippen LogP contribution in [-0.4, -0.2) is 40.3 Å². The first kappa shape index (κ1) is 26.0. The Balaban J connectivity index is 0.00000450. The van der Waals surface area contributed by atoms with Gasteiger partial charge in [0.05, 0.1) is 25.1 Å². The highest BCUT2D eigenvalue weighted by Gasteiger charge is 2.12. The average Bonchev–Trinajstić information content (AvgIpc) is 2.68. The lowest BCUT2D eigenvalue weighted by molar-refractivity contribution is 0.414. The molecule has 7 nitrogen and oxygen atoms in total. The number of halogens is 2. The Morgan fingerprint density at radius 2 is 1.93 bits per heavy atom. The summed E-state index contributed by atoms with van der Waals surface area (Å²) in [5, 5.41) is 6.07. The SMILES string of the molecule is CCNC(=NCc1cccc(OC)c1)NCCS(=O)(=O)Nc1ccc(C)c(F)c1.I. The maximum absolute atomic E-state index is 13.6. The number of aliphatic imine (C=N–C) groups is 1. The van der Waals surface area contributed by atoms with Crippen molar-refractivity contribution in [3.63, 3.8) is 0 Å². The molecule has 0 aliphatic heterocycles. The minimum atomic E-state index is -3.63. The van der Waals surface area contributed by atoms with E-state index in [0.717, 1.165) is 11.3 Å². The van der Waals surface area contributed by atoms with E-state index in [4.69, 9.17) is 4.74 Å². The first-order chi connectivity index (χ1) is 13.8. The molecule has 0 fully saturated rings. The van der Waals surface area contributed by atoms with Crippen LogP contribution in [0.3, 0.4) is 0 Å². The van der Waals surface area contributed by atoms with Gasteiger partial charge in [-0.25, -0.2) is 17.8 Å². The molecule has 10 heteroatoms. The normalized spacial score (nSPS) is 11.4. The maximum atomic E-state index is 13.6. The molecule has 0 radical (unpaired) electrons. The van der Waals surface area contributed by atoms with Gasteiger partial charge in [-0.15, -0.1) is 24.0 Å². The standard InChI is InChI=1S/C20H27FN4O3S.HI/c1-4-22-20(24-14-16-6-5-7-18(12-16)28-3)23-10-11-29(26,27)25-17-9-8-15(2)19(21)13-17;/h5-9,12-13,25H,4,10-11,14H2,1-3H3,(H2,22,23,24);1H. The molecule has 0 amide bonds. The molecular weight excluding hydrogens is 522 g/mol. The highest BCUT2D eigenvalue weighted by atomic mass is 127. The monoisotopic (exact) mass is 550 g/mol. The van der Waals surface area contributed by atoms with Crippen molar-refractivity contribution in [2.45, 2.75) is 20.4 Å². The third kappa shape index (κ3) is 8.74. The molecule has 0 unspecified atom stereocenters. The van der Waals surface area contributed by atoms with Crippen molar-refractivity contribution in [1.82, 2.24) is 10.6 Å². The Bertz CT molecular complexity index is 955. The summed E-state index contributed by atoms with van der Waals surface area (Å²) in [4.78, 5) is 4.46. The van der Waals surface area contributed by atoms with Crippen LogP contribution in [0.5, 0.6) is 5.75 Å². The van der Waals surface area contributed by atoms with Crippen LogP contribution in [0, 0.1) is 12.7 Å². The van der Waals surface area contributed by atoms with Crippen LogP contribution >= 0.6 is 24.0 Å². The number of rotatable bonds is 9. The maximum Gasteiger partial charge on any atom is 0.234 e. The molecule has 0 saturated carbocycles. The zero-order valence-electron chi connectivity index (χ0n) is 17.2. The second-order valence-electron chi connectivity index (χ2n) is 6.36. The summed E-state index contributed by atoms with van der Waals surface area (Å²) in [6, 6.07) is 11.8. The number of sulfonamides is 1.